The van der Waals surface area contributed by atoms with Crippen molar-refractivity contribution in [3.63, 3.8) is 0 Å². The van der Waals surface area contributed by atoms with Crippen LogP contribution in [0.5, 0.6) is 0 Å². The maximum Gasteiger partial charge on any atom is 0.123 e. The molecule has 2 fully saturated rings. The molecule has 3 heterocycles. The zero-order chi connectivity index (χ0) is 28.1. The van der Waals surface area contributed by atoms with Gasteiger partial charge in [0.15, 0.2) is 0 Å². The van der Waals surface area contributed by atoms with E-state index in [0.29, 0.717) is 63.4 Å². The SMILES string of the molecule is [2H]C(Nc1cc(Cl)c2ncc(C#N)c(N[C@H]3CCOCC3(C)C)c2c1)(C1=CN(C2CC2)NN1)c1ccc(F)cc1. The van der Waals surface area contributed by atoms with Crippen LogP contribution in [0.25, 0.3) is 10.9 Å². The molecule has 0 spiro atoms. The van der Waals surface area contributed by atoms with Crippen LogP contribution in [0.15, 0.2) is 54.5 Å². The molecule has 0 amide bonds. The summed E-state index contributed by atoms with van der Waals surface area (Å²) in [5.41, 5.74) is 9.34. The number of nitriles is 1. The first-order valence-electron chi connectivity index (χ1n) is 13.6. The number of aromatic nitrogens is 1. The third-order valence-corrected chi connectivity index (χ3v) is 7.82. The minimum atomic E-state index is -1.52. The van der Waals surface area contributed by atoms with Gasteiger partial charge in [-0.3, -0.25) is 9.99 Å². The van der Waals surface area contributed by atoms with Crippen LogP contribution < -0.4 is 21.6 Å². The van der Waals surface area contributed by atoms with Crippen molar-refractivity contribution < 1.29 is 10.5 Å². The van der Waals surface area contributed by atoms with Crippen molar-refractivity contribution in [3.8, 4) is 6.07 Å². The third kappa shape index (κ3) is 5.20. The highest BCUT2D eigenvalue weighted by atomic mass is 35.5. The lowest BCUT2D eigenvalue weighted by Crippen LogP contribution is -2.44. The van der Waals surface area contributed by atoms with Gasteiger partial charge in [0.2, 0.25) is 0 Å². The zero-order valence-corrected chi connectivity index (χ0v) is 22.6. The maximum atomic E-state index is 13.8. The van der Waals surface area contributed by atoms with Crippen LogP contribution in [0.3, 0.4) is 0 Å². The van der Waals surface area contributed by atoms with Gasteiger partial charge in [0, 0.05) is 47.6 Å². The van der Waals surface area contributed by atoms with Gasteiger partial charge in [-0.2, -0.15) is 5.26 Å². The highest BCUT2D eigenvalue weighted by molar-refractivity contribution is 6.35. The molecule has 2 aliphatic heterocycles. The second-order valence-corrected chi connectivity index (χ2v) is 11.4. The van der Waals surface area contributed by atoms with E-state index in [4.69, 9.17) is 16.3 Å². The number of ether oxygens (including phenoxy) is 1. The molecule has 39 heavy (non-hydrogen) atoms. The summed E-state index contributed by atoms with van der Waals surface area (Å²) >= 11 is 6.76. The molecular formula is C29H31ClFN7O. The average molecular weight is 549 g/mol. The van der Waals surface area contributed by atoms with Crippen molar-refractivity contribution in [3.05, 3.63) is 76.5 Å². The van der Waals surface area contributed by atoms with Crippen LogP contribution in [0, 0.1) is 22.6 Å². The van der Waals surface area contributed by atoms with E-state index < -0.39 is 6.02 Å². The van der Waals surface area contributed by atoms with E-state index in [-0.39, 0.29) is 17.3 Å². The lowest BCUT2D eigenvalue weighted by molar-refractivity contribution is 0.00350. The monoisotopic (exact) mass is 548 g/mol. The number of anilines is 2. The summed E-state index contributed by atoms with van der Waals surface area (Å²) in [7, 11) is 0. The molecule has 1 aliphatic carbocycles. The van der Waals surface area contributed by atoms with Gasteiger partial charge in [-0.1, -0.05) is 37.6 Å². The Morgan fingerprint density at radius 3 is 2.79 bits per heavy atom. The summed E-state index contributed by atoms with van der Waals surface area (Å²) in [5.74, 6) is -0.382. The maximum absolute atomic E-state index is 13.8. The molecule has 10 heteroatoms. The van der Waals surface area contributed by atoms with E-state index in [1.165, 1.54) is 18.3 Å². The minimum Gasteiger partial charge on any atom is -0.381 e. The van der Waals surface area contributed by atoms with Gasteiger partial charge in [0.1, 0.15) is 11.9 Å². The topological polar surface area (TPSA) is 97.3 Å². The molecule has 2 aromatic carbocycles. The Bertz CT molecular complexity index is 1520. The highest BCUT2D eigenvalue weighted by Crippen LogP contribution is 2.39. The second kappa shape index (κ2) is 10.2. The third-order valence-electron chi connectivity index (χ3n) is 7.53. The molecule has 1 saturated carbocycles. The Labute approximate surface area is 233 Å². The number of nitrogens with zero attached hydrogens (tertiary/aromatic N) is 3. The molecule has 1 saturated heterocycles. The van der Waals surface area contributed by atoms with Gasteiger partial charge in [-0.25, -0.2) is 4.39 Å². The van der Waals surface area contributed by atoms with Gasteiger partial charge in [-0.15, -0.1) is 5.53 Å². The Hall–Kier alpha value is -3.58. The number of hydrogen-bond acceptors (Lipinski definition) is 8. The minimum absolute atomic E-state index is 0.0659. The molecule has 2 atom stereocenters. The Kier molecular flexibility index (Phi) is 6.39. The number of rotatable bonds is 7. The van der Waals surface area contributed by atoms with E-state index in [2.05, 4.69) is 46.5 Å². The number of hydrazine groups is 2. The predicted octanol–water partition coefficient (Wildman–Crippen LogP) is 5.61. The Balaban J connectivity index is 1.43. The van der Waals surface area contributed by atoms with Crippen molar-refractivity contribution in [1.82, 2.24) is 21.0 Å². The van der Waals surface area contributed by atoms with Crippen LogP contribution in [0.4, 0.5) is 15.8 Å². The fraction of sp³-hybridized carbons (Fsp3) is 0.379. The van der Waals surface area contributed by atoms with Crippen molar-refractivity contribution in [1.29, 1.82) is 5.26 Å². The summed E-state index contributed by atoms with van der Waals surface area (Å²) < 4.78 is 29.2. The van der Waals surface area contributed by atoms with Crippen molar-refractivity contribution >= 4 is 33.9 Å². The summed E-state index contributed by atoms with van der Waals surface area (Å²) in [5, 5.41) is 19.9. The van der Waals surface area contributed by atoms with E-state index >= 15 is 0 Å². The highest BCUT2D eigenvalue weighted by Gasteiger charge is 2.34. The molecule has 1 unspecified atom stereocenters. The summed E-state index contributed by atoms with van der Waals surface area (Å²) in [4.78, 5) is 4.48. The van der Waals surface area contributed by atoms with Crippen LogP contribution in [0.1, 0.15) is 51.6 Å². The van der Waals surface area contributed by atoms with Crippen LogP contribution >= 0.6 is 11.6 Å². The van der Waals surface area contributed by atoms with Gasteiger partial charge in [-0.05, 0) is 49.1 Å². The quantitative estimate of drug-likeness (QED) is 0.303. The smallest absolute Gasteiger partial charge is 0.123 e. The molecule has 3 aliphatic rings. The van der Waals surface area contributed by atoms with Crippen LogP contribution in [-0.2, 0) is 4.74 Å². The largest absolute Gasteiger partial charge is 0.381 e. The Morgan fingerprint density at radius 2 is 2.08 bits per heavy atom. The van der Waals surface area contributed by atoms with Gasteiger partial charge >= 0.3 is 0 Å². The van der Waals surface area contributed by atoms with Crippen molar-refractivity contribution in [2.24, 2.45) is 5.41 Å². The first kappa shape index (κ1) is 24.5. The lowest BCUT2D eigenvalue weighted by Gasteiger charge is -2.39. The number of nitrogens with one attached hydrogen (secondary N) is 4. The van der Waals surface area contributed by atoms with Crippen molar-refractivity contribution in [2.45, 2.75) is 51.2 Å². The fourth-order valence-corrected chi connectivity index (χ4v) is 5.37. The average Bonchev–Trinajstić information content (AvgIpc) is 3.65. The van der Waals surface area contributed by atoms with E-state index in [1.807, 2.05) is 17.3 Å². The van der Waals surface area contributed by atoms with E-state index in [0.717, 1.165) is 19.3 Å². The molecular weight excluding hydrogens is 517 g/mol. The normalized spacial score (nSPS) is 22.3. The number of fused-ring (bicyclic) bond motifs is 1. The molecule has 1 aromatic heterocycles. The molecule has 6 rings (SSSR count). The number of halogens is 2. The first-order chi connectivity index (χ1) is 19.2. The number of pyridine rings is 1. The molecule has 3 aromatic rings. The summed E-state index contributed by atoms with van der Waals surface area (Å²) in [6.45, 7) is 5.51. The van der Waals surface area contributed by atoms with E-state index in [1.54, 1.807) is 18.2 Å². The molecule has 8 nitrogen and oxygen atoms in total. The summed E-state index contributed by atoms with van der Waals surface area (Å²) in [6, 6.07) is 10.6. The van der Waals surface area contributed by atoms with Gasteiger partial charge in [0.25, 0.3) is 0 Å². The molecule has 4 N–H and O–H groups in total. The molecule has 202 valence electrons. The van der Waals surface area contributed by atoms with Crippen LogP contribution in [0.2, 0.25) is 5.02 Å². The van der Waals surface area contributed by atoms with Crippen LogP contribution in [-0.4, -0.2) is 35.3 Å². The predicted molar refractivity (Wildman–Crippen MR) is 150 cm³/mol. The number of hydrogen-bond donors (Lipinski definition) is 4. The molecule has 0 radical (unpaired) electrons. The summed E-state index contributed by atoms with van der Waals surface area (Å²) in [6.07, 6.45) is 6.34. The van der Waals surface area contributed by atoms with Crippen molar-refractivity contribution in [2.75, 3.05) is 23.8 Å². The lowest BCUT2D eigenvalue weighted by atomic mass is 9.81. The fourth-order valence-electron chi connectivity index (χ4n) is 5.10. The standard InChI is InChI=1S/C29H31ClFN7O/c1-29(2)16-39-10-9-25(29)35-26-18(13-32)14-33-28-22(26)11-20(12-23(28)30)34-27(17-3-5-19(31)6-4-17)24-15-38(37-36-24)21-7-8-21/h3-6,11-12,14-15,21,25,27,34,36-37H,7-10,16H2,1-2H3,(H,33,35)/t25-,27?/m0/s1/i27D. The van der Waals surface area contributed by atoms with E-state index in [9.17, 15) is 11.0 Å². The zero-order valence-electron chi connectivity index (χ0n) is 22.8. The number of benzene rings is 2. The molecule has 0 bridgehead atoms. The van der Waals surface area contributed by atoms with Gasteiger partial charge < -0.3 is 20.8 Å². The Morgan fingerprint density at radius 1 is 1.28 bits per heavy atom. The first-order valence-corrected chi connectivity index (χ1v) is 13.5. The van der Waals surface area contributed by atoms with Gasteiger partial charge in [0.05, 0.1) is 41.5 Å². The second-order valence-electron chi connectivity index (χ2n) is 11.0.